The molecule has 1 atom stereocenters. The molecule has 7 heteroatoms. The first-order valence-corrected chi connectivity index (χ1v) is 11.3. The highest BCUT2D eigenvalue weighted by Gasteiger charge is 2.46. The minimum atomic E-state index is -0.743. The van der Waals surface area contributed by atoms with Crippen LogP contribution in [-0.4, -0.2) is 25.5 Å². The van der Waals surface area contributed by atoms with Gasteiger partial charge < -0.3 is 15.2 Å². The summed E-state index contributed by atoms with van der Waals surface area (Å²) < 4.78 is 24.4. The molecule has 4 rings (SSSR count). The molecule has 2 aromatic carbocycles. The van der Waals surface area contributed by atoms with Crippen molar-refractivity contribution in [2.24, 2.45) is 11.1 Å². The lowest BCUT2D eigenvalue weighted by molar-refractivity contribution is -0.138. The molecule has 0 saturated carbocycles. The van der Waals surface area contributed by atoms with Crippen molar-refractivity contribution in [3.8, 4) is 5.75 Å². The van der Waals surface area contributed by atoms with Crippen molar-refractivity contribution in [1.29, 1.82) is 0 Å². The summed E-state index contributed by atoms with van der Waals surface area (Å²) in [5.41, 5.74) is 9.15. The Labute approximate surface area is 198 Å². The van der Waals surface area contributed by atoms with Gasteiger partial charge in [0.05, 0.1) is 25.2 Å². The number of esters is 1. The van der Waals surface area contributed by atoms with E-state index in [0.29, 0.717) is 35.4 Å². The lowest BCUT2D eigenvalue weighted by Crippen LogP contribution is -2.43. The third-order valence-corrected chi connectivity index (χ3v) is 6.29. The van der Waals surface area contributed by atoms with Crippen LogP contribution in [0, 0.1) is 11.2 Å². The van der Waals surface area contributed by atoms with Crippen LogP contribution < -0.4 is 15.4 Å². The van der Waals surface area contributed by atoms with Crippen LogP contribution in [0.1, 0.15) is 45.1 Å². The van der Waals surface area contributed by atoms with E-state index in [9.17, 15) is 14.0 Å². The van der Waals surface area contributed by atoms with Gasteiger partial charge in [0.1, 0.15) is 17.4 Å². The average molecular weight is 465 g/mol. The molecule has 0 aromatic heterocycles. The van der Waals surface area contributed by atoms with Crippen LogP contribution in [0.5, 0.6) is 5.75 Å². The average Bonchev–Trinajstić information content (AvgIpc) is 2.78. The van der Waals surface area contributed by atoms with E-state index in [0.717, 1.165) is 5.70 Å². The first kappa shape index (κ1) is 23.5. The number of ether oxygens (including phenoxy) is 2. The van der Waals surface area contributed by atoms with Crippen LogP contribution in [0.2, 0.25) is 0 Å². The summed E-state index contributed by atoms with van der Waals surface area (Å²) in [4.78, 5) is 28.6. The fourth-order valence-corrected chi connectivity index (χ4v) is 4.83. The number of halogens is 1. The molecule has 1 unspecified atom stereocenters. The van der Waals surface area contributed by atoms with E-state index in [4.69, 9.17) is 15.2 Å². The second-order valence-electron chi connectivity index (χ2n) is 9.34. The number of allylic oxidation sites excluding steroid dienone is 2. The molecule has 0 bridgehead atoms. The quantitative estimate of drug-likeness (QED) is 0.640. The third kappa shape index (κ3) is 4.18. The van der Waals surface area contributed by atoms with Crippen molar-refractivity contribution in [3.05, 3.63) is 82.6 Å². The molecule has 0 fully saturated rings. The summed E-state index contributed by atoms with van der Waals surface area (Å²) in [7, 11) is 1.58. The second kappa shape index (κ2) is 8.97. The molecule has 1 aliphatic carbocycles. The van der Waals surface area contributed by atoms with Crippen molar-refractivity contribution in [2.45, 2.75) is 39.5 Å². The van der Waals surface area contributed by atoms with Crippen molar-refractivity contribution >= 4 is 17.4 Å². The molecule has 178 valence electrons. The van der Waals surface area contributed by atoms with Gasteiger partial charge in [-0.05, 0) is 60.7 Å². The zero-order valence-corrected chi connectivity index (χ0v) is 19.9. The fourth-order valence-electron chi connectivity index (χ4n) is 4.83. The molecular weight excluding hydrogens is 435 g/mol. The number of nitrogens with two attached hydrogens (primary N) is 1. The lowest BCUT2D eigenvalue weighted by Gasteiger charge is -2.44. The molecule has 2 aliphatic rings. The van der Waals surface area contributed by atoms with Gasteiger partial charge >= 0.3 is 5.97 Å². The van der Waals surface area contributed by atoms with E-state index >= 15 is 0 Å². The first-order chi connectivity index (χ1) is 16.2. The summed E-state index contributed by atoms with van der Waals surface area (Å²) in [5.74, 6) is -0.938. The number of carbonyl (C=O) groups is 2. The van der Waals surface area contributed by atoms with Gasteiger partial charge in [0.2, 0.25) is 0 Å². The molecule has 1 aliphatic heterocycles. The highest BCUT2D eigenvalue weighted by Crippen LogP contribution is 2.50. The van der Waals surface area contributed by atoms with E-state index in [1.165, 1.54) is 12.1 Å². The smallest absolute Gasteiger partial charge is 0.338 e. The summed E-state index contributed by atoms with van der Waals surface area (Å²) in [5, 5.41) is 0. The summed E-state index contributed by atoms with van der Waals surface area (Å²) >= 11 is 0. The Bertz CT molecular complexity index is 1180. The molecule has 1 heterocycles. The molecule has 0 amide bonds. The Morgan fingerprint density at radius 2 is 1.76 bits per heavy atom. The Balaban J connectivity index is 2.00. The SMILES string of the molecule is CCOC(=O)C1=C(N)N(c2ccc(OC)cc2)C2=C(C(=O)CC(C)(C)C2)C1c1ccc(F)cc1. The normalized spacial score (nSPS) is 19.7. The first-order valence-electron chi connectivity index (χ1n) is 11.3. The highest BCUT2D eigenvalue weighted by atomic mass is 19.1. The Morgan fingerprint density at radius 1 is 1.12 bits per heavy atom. The number of hydrogen-bond donors (Lipinski definition) is 1. The molecule has 6 nitrogen and oxygen atoms in total. The van der Waals surface area contributed by atoms with Crippen LogP contribution >= 0.6 is 0 Å². The third-order valence-electron chi connectivity index (χ3n) is 6.29. The number of methoxy groups -OCH3 is 1. The minimum absolute atomic E-state index is 0.0617. The highest BCUT2D eigenvalue weighted by molar-refractivity contribution is 6.05. The van der Waals surface area contributed by atoms with Crippen molar-refractivity contribution in [3.63, 3.8) is 0 Å². The fraction of sp³-hybridized carbons (Fsp3) is 0.333. The van der Waals surface area contributed by atoms with Gasteiger partial charge in [-0.3, -0.25) is 9.69 Å². The van der Waals surface area contributed by atoms with E-state index < -0.39 is 17.7 Å². The molecular formula is C27H29FN2O4. The topological polar surface area (TPSA) is 81.9 Å². The monoisotopic (exact) mass is 464 g/mol. The summed E-state index contributed by atoms with van der Waals surface area (Å²) in [6, 6.07) is 13.1. The van der Waals surface area contributed by atoms with Gasteiger partial charge in [-0.1, -0.05) is 26.0 Å². The number of benzene rings is 2. The van der Waals surface area contributed by atoms with Gasteiger partial charge in [0.25, 0.3) is 0 Å². The van der Waals surface area contributed by atoms with E-state index in [2.05, 4.69) is 0 Å². The van der Waals surface area contributed by atoms with Crippen LogP contribution in [0.25, 0.3) is 0 Å². The van der Waals surface area contributed by atoms with Crippen LogP contribution in [0.4, 0.5) is 10.1 Å². The number of rotatable bonds is 5. The predicted octanol–water partition coefficient (Wildman–Crippen LogP) is 4.81. The van der Waals surface area contributed by atoms with Crippen molar-refractivity contribution in [1.82, 2.24) is 0 Å². The lowest BCUT2D eigenvalue weighted by atomic mass is 9.68. The molecule has 0 saturated heterocycles. The van der Waals surface area contributed by atoms with E-state index in [1.54, 1.807) is 43.2 Å². The Hall–Kier alpha value is -3.61. The largest absolute Gasteiger partial charge is 0.497 e. The Morgan fingerprint density at radius 3 is 2.35 bits per heavy atom. The van der Waals surface area contributed by atoms with Gasteiger partial charge in [0.15, 0.2) is 5.78 Å². The molecule has 34 heavy (non-hydrogen) atoms. The van der Waals surface area contributed by atoms with Crippen molar-refractivity contribution in [2.75, 3.05) is 18.6 Å². The number of nitrogens with zero attached hydrogens (tertiary/aromatic N) is 1. The van der Waals surface area contributed by atoms with E-state index in [1.807, 2.05) is 26.0 Å². The number of ketones is 1. The van der Waals surface area contributed by atoms with E-state index in [-0.39, 0.29) is 29.2 Å². The maximum atomic E-state index is 13.7. The second-order valence-corrected chi connectivity index (χ2v) is 9.34. The maximum absolute atomic E-state index is 13.7. The molecule has 0 spiro atoms. The van der Waals surface area contributed by atoms with Crippen molar-refractivity contribution < 1.29 is 23.5 Å². The number of hydrogen-bond acceptors (Lipinski definition) is 6. The Kier molecular flexibility index (Phi) is 6.21. The predicted molar refractivity (Wildman–Crippen MR) is 128 cm³/mol. The van der Waals surface area contributed by atoms with Gasteiger partial charge in [-0.2, -0.15) is 0 Å². The van der Waals surface area contributed by atoms with Gasteiger partial charge in [0, 0.05) is 23.4 Å². The van der Waals surface area contributed by atoms with Crippen LogP contribution in [0.15, 0.2) is 71.2 Å². The van der Waals surface area contributed by atoms with Crippen LogP contribution in [-0.2, 0) is 14.3 Å². The zero-order chi connectivity index (χ0) is 24.6. The number of Topliss-reactive ketones (excluding diaryl/α,β-unsaturated/α-hetero) is 1. The molecule has 0 radical (unpaired) electrons. The van der Waals surface area contributed by atoms with Crippen LogP contribution in [0.3, 0.4) is 0 Å². The van der Waals surface area contributed by atoms with Gasteiger partial charge in [-0.25, -0.2) is 9.18 Å². The summed E-state index contributed by atoms with van der Waals surface area (Å²) in [6.07, 6.45) is 0.907. The van der Waals surface area contributed by atoms with Gasteiger partial charge in [-0.15, -0.1) is 0 Å². The molecule has 2 N–H and O–H groups in total. The molecule has 2 aromatic rings. The minimum Gasteiger partial charge on any atom is -0.497 e. The standard InChI is InChI=1S/C27H29FN2O4/c1-5-34-26(32)24-22(16-6-8-17(28)9-7-16)23-20(14-27(2,3)15-21(23)31)30(25(24)29)18-10-12-19(33-4)13-11-18/h6-13,22H,5,14-15,29H2,1-4H3. The number of anilines is 1. The zero-order valence-electron chi connectivity index (χ0n) is 19.9. The summed E-state index contributed by atoms with van der Waals surface area (Å²) in [6.45, 7) is 5.94. The maximum Gasteiger partial charge on any atom is 0.338 e. The number of carbonyl (C=O) groups excluding carboxylic acids is 2.